The maximum absolute atomic E-state index is 5.47. The molecule has 1 aliphatic heterocycles. The summed E-state index contributed by atoms with van der Waals surface area (Å²) >= 11 is 1.54. The summed E-state index contributed by atoms with van der Waals surface area (Å²) in [7, 11) is 0. The predicted molar refractivity (Wildman–Crippen MR) is 76.9 cm³/mol. The molecule has 100 valence electrons. The van der Waals surface area contributed by atoms with E-state index in [2.05, 4.69) is 27.2 Å². The molecule has 0 bridgehead atoms. The van der Waals surface area contributed by atoms with E-state index in [1.165, 1.54) is 37.4 Å². The maximum atomic E-state index is 5.47. The molecule has 2 heterocycles. The fourth-order valence-electron chi connectivity index (χ4n) is 2.34. The molecule has 1 fully saturated rings. The van der Waals surface area contributed by atoms with Crippen molar-refractivity contribution in [1.82, 2.24) is 9.97 Å². The van der Waals surface area contributed by atoms with Crippen LogP contribution >= 0.6 is 11.8 Å². The molecule has 0 spiro atoms. The Kier molecular flexibility index (Phi) is 4.66. The molecule has 1 unspecified atom stereocenters. The molecule has 2 rings (SSSR count). The quantitative estimate of drug-likeness (QED) is 0.379. The molecule has 0 radical (unpaired) electrons. The molecule has 3 N–H and O–H groups in total. The highest BCUT2D eigenvalue weighted by molar-refractivity contribution is 7.98. The summed E-state index contributed by atoms with van der Waals surface area (Å²) in [4.78, 5) is 11.3. The van der Waals surface area contributed by atoms with Crippen molar-refractivity contribution in [3.05, 3.63) is 6.07 Å². The van der Waals surface area contributed by atoms with Gasteiger partial charge in [-0.25, -0.2) is 15.8 Å². The maximum Gasteiger partial charge on any atom is 0.191 e. The van der Waals surface area contributed by atoms with Gasteiger partial charge in [-0.15, -0.1) is 0 Å². The highest BCUT2D eigenvalue weighted by Crippen LogP contribution is 2.25. The molecule has 1 aromatic rings. The lowest BCUT2D eigenvalue weighted by Gasteiger charge is -2.28. The van der Waals surface area contributed by atoms with E-state index in [0.717, 1.165) is 17.5 Å². The van der Waals surface area contributed by atoms with Crippen molar-refractivity contribution in [3.63, 3.8) is 0 Å². The molecule has 0 saturated carbocycles. The number of hydrazine groups is 1. The number of thioether (sulfide) groups is 1. The molecule has 1 aromatic heterocycles. The van der Waals surface area contributed by atoms with Crippen LogP contribution in [0.2, 0.25) is 0 Å². The van der Waals surface area contributed by atoms with E-state index in [9.17, 15) is 0 Å². The van der Waals surface area contributed by atoms with E-state index < -0.39 is 0 Å². The molecule has 0 amide bonds. The number of nitrogens with one attached hydrogen (secondary N) is 1. The molecule has 1 atom stereocenters. The molecule has 5 nitrogen and oxygen atoms in total. The highest BCUT2D eigenvalue weighted by Gasteiger charge is 2.19. The van der Waals surface area contributed by atoms with Gasteiger partial charge >= 0.3 is 0 Å². The number of rotatable bonds is 3. The first-order valence-electron chi connectivity index (χ1n) is 6.41. The second-order valence-corrected chi connectivity index (χ2v) is 5.41. The Hall–Kier alpha value is -1.01. The summed E-state index contributed by atoms with van der Waals surface area (Å²) in [5.74, 6) is 7.13. The third-order valence-corrected chi connectivity index (χ3v) is 3.92. The predicted octanol–water partition coefficient (Wildman–Crippen LogP) is 2.25. The van der Waals surface area contributed by atoms with Crippen molar-refractivity contribution in [1.29, 1.82) is 0 Å². The molecule has 0 aromatic carbocycles. The minimum Gasteiger partial charge on any atom is -0.354 e. The fraction of sp³-hybridized carbons (Fsp3) is 0.667. The van der Waals surface area contributed by atoms with Gasteiger partial charge in [0.1, 0.15) is 11.6 Å². The van der Waals surface area contributed by atoms with Crippen LogP contribution < -0.4 is 16.2 Å². The SMILES string of the molecule is CSc1nc(NN)cc(N2CCCCCC2C)n1. The van der Waals surface area contributed by atoms with Crippen LogP contribution in [-0.4, -0.2) is 28.8 Å². The number of anilines is 2. The number of nitrogen functional groups attached to an aromatic ring is 1. The Bertz CT molecular complexity index is 376. The van der Waals surface area contributed by atoms with Gasteiger partial charge in [0, 0.05) is 18.7 Å². The van der Waals surface area contributed by atoms with Crippen molar-refractivity contribution in [2.75, 3.05) is 23.1 Å². The van der Waals surface area contributed by atoms with Gasteiger partial charge in [0.2, 0.25) is 0 Å². The summed E-state index contributed by atoms with van der Waals surface area (Å²) in [6.07, 6.45) is 7.05. The molecular formula is C12H21N5S. The van der Waals surface area contributed by atoms with Gasteiger partial charge in [-0.2, -0.15) is 0 Å². The van der Waals surface area contributed by atoms with Crippen LogP contribution in [0.25, 0.3) is 0 Å². The van der Waals surface area contributed by atoms with Gasteiger partial charge in [0.15, 0.2) is 5.16 Å². The molecular weight excluding hydrogens is 246 g/mol. The number of hydrogen-bond donors (Lipinski definition) is 2. The topological polar surface area (TPSA) is 67.1 Å². The van der Waals surface area contributed by atoms with E-state index in [1.54, 1.807) is 0 Å². The van der Waals surface area contributed by atoms with E-state index >= 15 is 0 Å². The number of hydrogen-bond acceptors (Lipinski definition) is 6. The van der Waals surface area contributed by atoms with Crippen molar-refractivity contribution in [2.24, 2.45) is 5.84 Å². The standard InChI is InChI=1S/C12H21N5S/c1-9-6-4-3-5-7-17(9)11-8-10(16-13)14-12(15-11)18-2/h8-9H,3-7,13H2,1-2H3,(H,14,15,16). The monoisotopic (exact) mass is 267 g/mol. The average Bonchev–Trinajstić information content (AvgIpc) is 2.62. The van der Waals surface area contributed by atoms with Crippen molar-refractivity contribution < 1.29 is 0 Å². The van der Waals surface area contributed by atoms with Crippen LogP contribution in [0.1, 0.15) is 32.6 Å². The second-order valence-electron chi connectivity index (χ2n) is 4.63. The fourth-order valence-corrected chi connectivity index (χ4v) is 2.71. The van der Waals surface area contributed by atoms with Crippen molar-refractivity contribution >= 4 is 23.4 Å². The van der Waals surface area contributed by atoms with E-state index in [4.69, 9.17) is 5.84 Å². The van der Waals surface area contributed by atoms with Crippen LogP contribution in [-0.2, 0) is 0 Å². The Morgan fingerprint density at radius 1 is 1.39 bits per heavy atom. The molecule has 18 heavy (non-hydrogen) atoms. The third kappa shape index (κ3) is 3.05. The van der Waals surface area contributed by atoms with Gasteiger partial charge in [0.05, 0.1) is 0 Å². The second kappa shape index (κ2) is 6.24. The Morgan fingerprint density at radius 2 is 2.22 bits per heavy atom. The third-order valence-electron chi connectivity index (χ3n) is 3.37. The Morgan fingerprint density at radius 3 is 2.94 bits per heavy atom. The number of nitrogens with two attached hydrogens (primary N) is 1. The van der Waals surface area contributed by atoms with Crippen LogP contribution in [0.4, 0.5) is 11.6 Å². The van der Waals surface area contributed by atoms with Gasteiger partial charge in [-0.1, -0.05) is 24.6 Å². The van der Waals surface area contributed by atoms with E-state index in [-0.39, 0.29) is 0 Å². The summed E-state index contributed by atoms with van der Waals surface area (Å²) < 4.78 is 0. The van der Waals surface area contributed by atoms with Gasteiger partial charge < -0.3 is 10.3 Å². The molecule has 0 aliphatic carbocycles. The zero-order valence-corrected chi connectivity index (χ0v) is 11.8. The number of aromatic nitrogens is 2. The van der Waals surface area contributed by atoms with Gasteiger partial charge in [0.25, 0.3) is 0 Å². The largest absolute Gasteiger partial charge is 0.354 e. The lowest BCUT2D eigenvalue weighted by Crippen LogP contribution is -2.33. The van der Waals surface area contributed by atoms with Crippen molar-refractivity contribution in [2.45, 2.75) is 43.8 Å². The minimum absolute atomic E-state index is 0.530. The summed E-state index contributed by atoms with van der Waals surface area (Å²) in [5.41, 5.74) is 2.62. The molecule has 1 saturated heterocycles. The Labute approximate surface area is 113 Å². The van der Waals surface area contributed by atoms with Crippen LogP contribution in [0.5, 0.6) is 0 Å². The zero-order chi connectivity index (χ0) is 13.0. The van der Waals surface area contributed by atoms with Gasteiger partial charge in [-0.3, -0.25) is 0 Å². The van der Waals surface area contributed by atoms with E-state index in [0.29, 0.717) is 11.9 Å². The first-order valence-corrected chi connectivity index (χ1v) is 7.63. The molecule has 6 heteroatoms. The summed E-state index contributed by atoms with van der Waals surface area (Å²) in [6.45, 7) is 3.33. The van der Waals surface area contributed by atoms with E-state index in [1.807, 2.05) is 12.3 Å². The lowest BCUT2D eigenvalue weighted by atomic mass is 10.1. The van der Waals surface area contributed by atoms with Gasteiger partial charge in [-0.05, 0) is 26.0 Å². The summed E-state index contributed by atoms with van der Waals surface area (Å²) in [6, 6.07) is 2.46. The highest BCUT2D eigenvalue weighted by atomic mass is 32.2. The summed E-state index contributed by atoms with van der Waals surface area (Å²) in [5, 5.41) is 0.761. The smallest absolute Gasteiger partial charge is 0.191 e. The van der Waals surface area contributed by atoms with Crippen LogP contribution in [0, 0.1) is 0 Å². The number of nitrogens with zero attached hydrogens (tertiary/aromatic N) is 3. The zero-order valence-electron chi connectivity index (χ0n) is 11.0. The Balaban J connectivity index is 2.29. The van der Waals surface area contributed by atoms with Crippen molar-refractivity contribution in [3.8, 4) is 0 Å². The lowest BCUT2D eigenvalue weighted by molar-refractivity contribution is 0.608. The molecule has 1 aliphatic rings. The normalized spacial score (nSPS) is 20.6. The van der Waals surface area contributed by atoms with Crippen LogP contribution in [0.3, 0.4) is 0 Å². The van der Waals surface area contributed by atoms with Crippen LogP contribution in [0.15, 0.2) is 11.2 Å². The first-order chi connectivity index (χ1) is 8.74. The minimum atomic E-state index is 0.530. The average molecular weight is 267 g/mol. The first kappa shape index (κ1) is 13.4.